The molecule has 5 nitrogen and oxygen atoms in total. The van der Waals surface area contributed by atoms with E-state index in [0.717, 1.165) is 38.5 Å². The number of pyridine rings is 1. The quantitative estimate of drug-likeness (QED) is 0.126. The molecule has 188 valence electrons. The molecule has 0 aliphatic rings. The van der Waals surface area contributed by atoms with Crippen molar-refractivity contribution in [2.75, 3.05) is 13.2 Å². The number of ether oxygens (including phenoxy) is 2. The van der Waals surface area contributed by atoms with Crippen LogP contribution in [0.25, 0.3) is 0 Å². The van der Waals surface area contributed by atoms with Gasteiger partial charge in [0.25, 0.3) is 0 Å². The van der Waals surface area contributed by atoms with Gasteiger partial charge in [0.05, 0.1) is 5.56 Å². The Morgan fingerprint density at radius 2 is 1.26 bits per heavy atom. The highest BCUT2D eigenvalue weighted by atomic mass is 16.6. The molecule has 0 aliphatic carbocycles. The molecule has 0 amide bonds. The Morgan fingerprint density at radius 1 is 0.743 bits per heavy atom. The van der Waals surface area contributed by atoms with Crippen molar-refractivity contribution in [3.05, 3.63) is 103 Å². The molecule has 1 aromatic heterocycles. The molecule has 0 spiro atoms. The van der Waals surface area contributed by atoms with E-state index < -0.39 is 5.97 Å². The number of carbonyl (C=O) groups is 2. The van der Waals surface area contributed by atoms with E-state index in [0.29, 0.717) is 18.4 Å². The zero-order valence-electron chi connectivity index (χ0n) is 20.9. The predicted molar refractivity (Wildman–Crippen MR) is 143 cm³/mol. The number of esters is 2. The second-order valence-electron chi connectivity index (χ2n) is 7.55. The molecule has 35 heavy (non-hydrogen) atoms. The van der Waals surface area contributed by atoms with Crippen LogP contribution in [0.3, 0.4) is 0 Å². The van der Waals surface area contributed by atoms with Gasteiger partial charge in [-0.05, 0) is 57.1 Å². The first-order chi connectivity index (χ1) is 17.2. The standard InChI is InChI=1S/C30H39NO4/c1-2-3-4-5-6-7-8-9-10-11-12-13-14-15-16-17-18-19-20-23-29(32)34-25-26-35-30(33)28-22-21-24-31-27-28/h3-4,6-7,9-10,12-13,15-16,18-19,21-22,24,27H,2,5,8,11,14,17,20,23,25-26H2,1H3/b4-3-,7-6-,10-9-,13-12-,16-15-,19-18-. The van der Waals surface area contributed by atoms with E-state index >= 15 is 0 Å². The van der Waals surface area contributed by atoms with Crippen LogP contribution in [0.1, 0.15) is 68.6 Å². The van der Waals surface area contributed by atoms with Gasteiger partial charge in [-0.15, -0.1) is 0 Å². The lowest BCUT2D eigenvalue weighted by Gasteiger charge is -2.05. The summed E-state index contributed by atoms with van der Waals surface area (Å²) < 4.78 is 10.1. The van der Waals surface area contributed by atoms with Crippen LogP contribution in [0.15, 0.2) is 97.4 Å². The van der Waals surface area contributed by atoms with Crippen molar-refractivity contribution in [3.8, 4) is 0 Å². The van der Waals surface area contributed by atoms with Crippen molar-refractivity contribution in [2.45, 2.75) is 58.3 Å². The number of nitrogens with zero attached hydrogens (tertiary/aromatic N) is 1. The lowest BCUT2D eigenvalue weighted by Crippen LogP contribution is -2.13. The lowest BCUT2D eigenvalue weighted by atomic mass is 10.2. The van der Waals surface area contributed by atoms with E-state index in [1.54, 1.807) is 18.3 Å². The Kier molecular flexibility index (Phi) is 18.9. The summed E-state index contributed by atoms with van der Waals surface area (Å²) in [5.74, 6) is -0.783. The van der Waals surface area contributed by atoms with E-state index in [4.69, 9.17) is 9.47 Å². The normalized spacial score (nSPS) is 12.3. The first-order valence-corrected chi connectivity index (χ1v) is 12.4. The van der Waals surface area contributed by atoms with E-state index in [9.17, 15) is 9.59 Å². The monoisotopic (exact) mass is 477 g/mol. The fourth-order valence-electron chi connectivity index (χ4n) is 2.77. The van der Waals surface area contributed by atoms with Crippen molar-refractivity contribution >= 4 is 11.9 Å². The molecule has 0 saturated heterocycles. The molecule has 1 aromatic rings. The summed E-state index contributed by atoms with van der Waals surface area (Å²) in [6, 6.07) is 3.28. The fourth-order valence-corrected chi connectivity index (χ4v) is 2.77. The first kappa shape index (κ1) is 29.6. The highest BCUT2D eigenvalue weighted by Crippen LogP contribution is 2.01. The van der Waals surface area contributed by atoms with Gasteiger partial charge in [0.1, 0.15) is 13.2 Å². The van der Waals surface area contributed by atoms with Gasteiger partial charge in [0, 0.05) is 18.8 Å². The molecule has 0 saturated carbocycles. The molecule has 0 N–H and O–H groups in total. The average molecular weight is 478 g/mol. The van der Waals surface area contributed by atoms with Crippen LogP contribution in [-0.2, 0) is 14.3 Å². The Hall–Kier alpha value is -3.47. The highest BCUT2D eigenvalue weighted by Gasteiger charge is 2.07. The highest BCUT2D eigenvalue weighted by molar-refractivity contribution is 5.88. The number of rotatable bonds is 18. The Morgan fingerprint density at radius 3 is 1.77 bits per heavy atom. The van der Waals surface area contributed by atoms with Gasteiger partial charge in [-0.25, -0.2) is 4.79 Å². The second-order valence-corrected chi connectivity index (χ2v) is 7.55. The summed E-state index contributed by atoms with van der Waals surface area (Å²) in [4.78, 5) is 27.3. The van der Waals surface area contributed by atoms with Crippen molar-refractivity contribution in [1.29, 1.82) is 0 Å². The summed E-state index contributed by atoms with van der Waals surface area (Å²) in [5, 5.41) is 0. The molecule has 0 radical (unpaired) electrons. The van der Waals surface area contributed by atoms with Crippen LogP contribution in [0.5, 0.6) is 0 Å². The number of carbonyl (C=O) groups excluding carboxylic acids is 2. The van der Waals surface area contributed by atoms with Crippen LogP contribution in [0.4, 0.5) is 0 Å². The number of allylic oxidation sites excluding steroid dienone is 12. The fraction of sp³-hybridized carbons (Fsp3) is 0.367. The molecule has 0 atom stereocenters. The summed E-state index contributed by atoms with van der Waals surface area (Å²) in [6.07, 6.45) is 35.5. The van der Waals surface area contributed by atoms with Gasteiger partial charge in [0.2, 0.25) is 0 Å². The second kappa shape index (κ2) is 22.3. The van der Waals surface area contributed by atoms with Gasteiger partial charge in [0.15, 0.2) is 0 Å². The van der Waals surface area contributed by atoms with E-state index in [-0.39, 0.29) is 19.2 Å². The molecule has 1 rings (SSSR count). The molecule has 0 bridgehead atoms. The number of hydrogen-bond acceptors (Lipinski definition) is 5. The minimum atomic E-state index is -0.480. The Labute approximate surface area is 210 Å². The molecule has 0 unspecified atom stereocenters. The largest absolute Gasteiger partial charge is 0.462 e. The molecule has 0 aliphatic heterocycles. The minimum absolute atomic E-state index is 0.0272. The van der Waals surface area contributed by atoms with Gasteiger partial charge in [-0.3, -0.25) is 9.78 Å². The summed E-state index contributed by atoms with van der Waals surface area (Å²) >= 11 is 0. The number of aromatic nitrogens is 1. The topological polar surface area (TPSA) is 65.5 Å². The number of hydrogen-bond donors (Lipinski definition) is 0. The van der Waals surface area contributed by atoms with E-state index in [2.05, 4.69) is 72.7 Å². The molecular formula is C30H39NO4. The van der Waals surface area contributed by atoms with Crippen LogP contribution in [-0.4, -0.2) is 30.1 Å². The maximum absolute atomic E-state index is 11.7. The van der Waals surface area contributed by atoms with Crippen molar-refractivity contribution in [2.24, 2.45) is 0 Å². The van der Waals surface area contributed by atoms with Gasteiger partial charge < -0.3 is 9.47 Å². The summed E-state index contributed by atoms with van der Waals surface area (Å²) in [6.45, 7) is 2.22. The van der Waals surface area contributed by atoms with Crippen LogP contribution < -0.4 is 0 Å². The van der Waals surface area contributed by atoms with E-state index in [1.807, 2.05) is 12.2 Å². The van der Waals surface area contributed by atoms with E-state index in [1.165, 1.54) is 6.20 Å². The zero-order chi connectivity index (χ0) is 25.2. The third-order valence-corrected chi connectivity index (χ3v) is 4.59. The molecule has 1 heterocycles. The minimum Gasteiger partial charge on any atom is -0.462 e. The van der Waals surface area contributed by atoms with Crippen LogP contribution in [0.2, 0.25) is 0 Å². The van der Waals surface area contributed by atoms with Crippen LogP contribution in [0, 0.1) is 0 Å². The van der Waals surface area contributed by atoms with Gasteiger partial charge >= 0.3 is 11.9 Å². The summed E-state index contributed by atoms with van der Waals surface area (Å²) in [5.41, 5.74) is 0.372. The first-order valence-electron chi connectivity index (χ1n) is 12.4. The van der Waals surface area contributed by atoms with Gasteiger partial charge in [-0.1, -0.05) is 79.8 Å². The van der Waals surface area contributed by atoms with Gasteiger partial charge in [-0.2, -0.15) is 0 Å². The van der Waals surface area contributed by atoms with Crippen molar-refractivity contribution < 1.29 is 19.1 Å². The van der Waals surface area contributed by atoms with Crippen molar-refractivity contribution in [1.82, 2.24) is 4.98 Å². The molecule has 0 fully saturated rings. The Balaban J connectivity index is 1.96. The molecular weight excluding hydrogens is 438 g/mol. The molecule has 5 heteroatoms. The van der Waals surface area contributed by atoms with Crippen LogP contribution >= 0.6 is 0 Å². The Bertz CT molecular complexity index is 864. The SMILES string of the molecule is CC/C=C\C/C=C\C/C=C\C/C=C\C/C=C\C/C=C\CCC(=O)OCCOC(=O)c1cccnc1. The smallest absolute Gasteiger partial charge is 0.339 e. The maximum atomic E-state index is 11.7. The average Bonchev–Trinajstić information content (AvgIpc) is 2.88. The van der Waals surface area contributed by atoms with Crippen molar-refractivity contribution in [3.63, 3.8) is 0 Å². The predicted octanol–water partition coefficient (Wildman–Crippen LogP) is 7.26. The summed E-state index contributed by atoms with van der Waals surface area (Å²) in [7, 11) is 0. The molecule has 0 aromatic carbocycles. The zero-order valence-corrected chi connectivity index (χ0v) is 20.9. The maximum Gasteiger partial charge on any atom is 0.339 e. The third kappa shape index (κ3) is 18.6. The lowest BCUT2D eigenvalue weighted by molar-refractivity contribution is -0.144. The third-order valence-electron chi connectivity index (χ3n) is 4.59.